The van der Waals surface area contributed by atoms with Crippen LogP contribution in [0.1, 0.15) is 48.0 Å². The second-order valence-corrected chi connectivity index (χ2v) is 12.1. The fourth-order valence-corrected chi connectivity index (χ4v) is 6.23. The number of thiol groups is 3. The first-order valence-corrected chi connectivity index (χ1v) is 8.60. The van der Waals surface area contributed by atoms with E-state index in [1.54, 1.807) is 23.9 Å². The molecule has 1 nitrogen and oxygen atoms in total. The molecule has 0 rings (SSSR count). The van der Waals surface area contributed by atoms with E-state index in [0.717, 1.165) is 12.2 Å². The van der Waals surface area contributed by atoms with Gasteiger partial charge in [-0.25, -0.2) is 0 Å². The van der Waals surface area contributed by atoms with E-state index >= 15 is 0 Å². The van der Waals surface area contributed by atoms with Gasteiger partial charge in [-0.3, -0.25) is 0 Å². The van der Waals surface area contributed by atoms with Gasteiger partial charge in [0.2, 0.25) is 0 Å². The lowest BCUT2D eigenvalue weighted by Gasteiger charge is -2.35. The summed E-state index contributed by atoms with van der Waals surface area (Å²) in [6, 6.07) is 0. The number of rotatable bonds is 7. The summed E-state index contributed by atoms with van der Waals surface area (Å²) < 4.78 is 2.21. The van der Waals surface area contributed by atoms with E-state index in [2.05, 4.69) is 79.6 Å². The maximum Gasteiger partial charge on any atom is 0.0355 e. The second kappa shape index (κ2) is 6.93. The van der Waals surface area contributed by atoms with Crippen LogP contribution in [0, 0.1) is 0 Å². The Kier molecular flexibility index (Phi) is 7.63. The lowest BCUT2D eigenvalue weighted by molar-refractivity contribution is 0.541. The minimum atomic E-state index is 0.0366. The molecule has 0 fully saturated rings. The Morgan fingerprint density at radius 1 is 0.941 bits per heavy atom. The fraction of sp³-hybridized carbons (Fsp3) is 1.00. The van der Waals surface area contributed by atoms with E-state index in [1.165, 1.54) is 0 Å². The predicted octanol–water partition coefficient (Wildman–Crippen LogP) is 5.02. The van der Waals surface area contributed by atoms with Crippen LogP contribution in [0.2, 0.25) is 0 Å². The first-order valence-electron chi connectivity index (χ1n) is 5.57. The minimum Gasteiger partial charge on any atom is -0.178 e. The van der Waals surface area contributed by atoms with Crippen molar-refractivity contribution in [2.45, 2.75) is 62.2 Å². The third-order valence-electron chi connectivity index (χ3n) is 1.89. The molecule has 0 N–H and O–H groups in total. The molecule has 0 radical (unpaired) electrons. The molecule has 0 unspecified atom stereocenters. The van der Waals surface area contributed by atoms with Crippen LogP contribution in [0.4, 0.5) is 0 Å². The second-order valence-electron chi connectivity index (χ2n) is 6.09. The molecule has 0 atom stereocenters. The van der Waals surface area contributed by atoms with Gasteiger partial charge in [-0.15, -0.1) is 3.12 Å². The van der Waals surface area contributed by atoms with Crippen molar-refractivity contribution >= 4 is 62.0 Å². The molecule has 0 aliphatic heterocycles. The zero-order valence-electron chi connectivity index (χ0n) is 11.5. The zero-order chi connectivity index (χ0) is 13.9. The fourth-order valence-electron chi connectivity index (χ4n) is 1.54. The van der Waals surface area contributed by atoms with Gasteiger partial charge in [0.15, 0.2) is 0 Å². The molecular weight excluding hydrogens is 306 g/mol. The Morgan fingerprint density at radius 3 is 1.71 bits per heavy atom. The summed E-state index contributed by atoms with van der Waals surface area (Å²) in [4.78, 5) is 0. The van der Waals surface area contributed by atoms with E-state index in [1.807, 2.05) is 3.12 Å². The topological polar surface area (TPSA) is 3.24 Å². The van der Waals surface area contributed by atoms with Crippen molar-refractivity contribution in [3.8, 4) is 0 Å². The standard InChI is InChI=1S/C11H25NS5/c1-9(2,14)7-10(3,4)16-12(15)17-11(5,6)8-13/h13-15H,7-8H2,1-6H3. The first-order chi connectivity index (χ1) is 7.37. The zero-order valence-corrected chi connectivity index (χ0v) is 15.8. The molecule has 0 bridgehead atoms. The van der Waals surface area contributed by atoms with Crippen molar-refractivity contribution in [2.24, 2.45) is 0 Å². The molecule has 6 heteroatoms. The molecule has 0 aromatic carbocycles. The summed E-state index contributed by atoms with van der Waals surface area (Å²) in [6.45, 7) is 13.1. The van der Waals surface area contributed by atoms with E-state index in [0.29, 0.717) is 0 Å². The first kappa shape index (κ1) is 18.7. The van der Waals surface area contributed by atoms with Gasteiger partial charge in [0.25, 0.3) is 0 Å². The average molecular weight is 332 g/mol. The molecule has 0 saturated carbocycles. The SMILES string of the molecule is CC(C)(S)CC(C)(C)SN(S)SC(C)(C)CS. The highest BCUT2D eigenvalue weighted by Gasteiger charge is 2.30. The molecule has 0 aromatic rings. The highest BCUT2D eigenvalue weighted by atomic mass is 32.3. The van der Waals surface area contributed by atoms with Gasteiger partial charge in [-0.2, -0.15) is 25.3 Å². The largest absolute Gasteiger partial charge is 0.178 e. The summed E-state index contributed by atoms with van der Waals surface area (Å²) >= 11 is 16.9. The van der Waals surface area contributed by atoms with Gasteiger partial charge >= 0.3 is 0 Å². The van der Waals surface area contributed by atoms with Gasteiger partial charge in [-0.05, 0) is 58.0 Å². The Morgan fingerprint density at radius 2 is 1.35 bits per heavy atom. The molecule has 0 spiro atoms. The van der Waals surface area contributed by atoms with Crippen LogP contribution in [0.15, 0.2) is 0 Å². The van der Waals surface area contributed by atoms with Gasteiger partial charge in [-0.1, -0.05) is 26.7 Å². The molecule has 0 saturated heterocycles. The summed E-state index contributed by atoms with van der Waals surface area (Å²) in [5.41, 5.74) is 0. The van der Waals surface area contributed by atoms with Crippen LogP contribution in [0.5, 0.6) is 0 Å². The van der Waals surface area contributed by atoms with Crippen LogP contribution < -0.4 is 0 Å². The molecule has 0 amide bonds. The number of hydrogen-bond acceptors (Lipinski definition) is 6. The molecular formula is C11H25NS5. The maximum absolute atomic E-state index is 4.60. The van der Waals surface area contributed by atoms with Gasteiger partial charge in [0.1, 0.15) is 0 Å². The molecule has 17 heavy (non-hydrogen) atoms. The number of hydrogen-bond donors (Lipinski definition) is 3. The quantitative estimate of drug-likeness (QED) is 0.444. The highest BCUT2D eigenvalue weighted by Crippen LogP contribution is 2.44. The summed E-state index contributed by atoms with van der Waals surface area (Å²) in [6.07, 6.45) is 1.02. The average Bonchev–Trinajstić information content (AvgIpc) is 1.96. The van der Waals surface area contributed by atoms with Crippen LogP contribution in [-0.4, -0.2) is 23.1 Å². The summed E-state index contributed by atoms with van der Waals surface area (Å²) in [5, 5.41) is 0. The van der Waals surface area contributed by atoms with Gasteiger partial charge in [0.05, 0.1) is 0 Å². The van der Waals surface area contributed by atoms with Crippen molar-refractivity contribution in [1.82, 2.24) is 3.12 Å². The monoisotopic (exact) mass is 331 g/mol. The van der Waals surface area contributed by atoms with Crippen LogP contribution in [-0.2, 0) is 0 Å². The van der Waals surface area contributed by atoms with E-state index in [4.69, 9.17) is 0 Å². The van der Waals surface area contributed by atoms with E-state index < -0.39 is 0 Å². The molecule has 0 aliphatic carbocycles. The van der Waals surface area contributed by atoms with Crippen LogP contribution in [0.25, 0.3) is 0 Å². The van der Waals surface area contributed by atoms with E-state index in [-0.39, 0.29) is 14.2 Å². The Bertz CT molecular complexity index is 235. The Labute approximate surface area is 132 Å². The normalized spacial score (nSPS) is 14.5. The maximum atomic E-state index is 4.60. The number of nitrogens with zero attached hydrogens (tertiary/aromatic N) is 1. The lowest BCUT2D eigenvalue weighted by atomic mass is 9.99. The summed E-state index contributed by atoms with van der Waals surface area (Å²) in [5.74, 6) is 0.827. The third-order valence-corrected chi connectivity index (χ3v) is 5.58. The van der Waals surface area contributed by atoms with Gasteiger partial charge in [0, 0.05) is 20.0 Å². The molecule has 0 heterocycles. The Balaban J connectivity index is 4.32. The highest BCUT2D eigenvalue weighted by molar-refractivity contribution is 8.22. The van der Waals surface area contributed by atoms with Crippen molar-refractivity contribution in [1.29, 1.82) is 0 Å². The molecule has 0 aliphatic rings. The smallest absolute Gasteiger partial charge is 0.0355 e. The van der Waals surface area contributed by atoms with Gasteiger partial charge < -0.3 is 0 Å². The van der Waals surface area contributed by atoms with Crippen molar-refractivity contribution < 1.29 is 0 Å². The van der Waals surface area contributed by atoms with Crippen molar-refractivity contribution in [3.63, 3.8) is 0 Å². The lowest BCUT2D eigenvalue weighted by Crippen LogP contribution is -2.29. The van der Waals surface area contributed by atoms with E-state index in [9.17, 15) is 0 Å². The Hall–Kier alpha value is 1.71. The summed E-state index contributed by atoms with van der Waals surface area (Å²) in [7, 11) is 0. The van der Waals surface area contributed by atoms with Crippen molar-refractivity contribution in [3.05, 3.63) is 0 Å². The molecule has 0 aromatic heterocycles. The third kappa shape index (κ3) is 10.2. The molecule has 104 valence electrons. The minimum absolute atomic E-state index is 0.0366. The predicted molar refractivity (Wildman–Crippen MR) is 95.7 cm³/mol. The van der Waals surface area contributed by atoms with Crippen LogP contribution in [0.3, 0.4) is 0 Å². The van der Waals surface area contributed by atoms with Crippen LogP contribution >= 0.6 is 62.0 Å². The van der Waals surface area contributed by atoms with Crippen molar-refractivity contribution in [2.75, 3.05) is 5.75 Å².